The predicted octanol–water partition coefficient (Wildman–Crippen LogP) is 3.08. The van der Waals surface area contributed by atoms with Gasteiger partial charge in [0.15, 0.2) is 0 Å². The van der Waals surface area contributed by atoms with Gasteiger partial charge in [-0.25, -0.2) is 0 Å². The van der Waals surface area contributed by atoms with Gasteiger partial charge in [0.05, 0.1) is 24.9 Å². The van der Waals surface area contributed by atoms with Crippen molar-refractivity contribution in [3.05, 3.63) is 24.0 Å². The molecule has 1 aromatic heterocycles. The molecule has 0 amide bonds. The van der Waals surface area contributed by atoms with Gasteiger partial charge in [0.25, 0.3) is 0 Å². The van der Waals surface area contributed by atoms with Crippen molar-refractivity contribution in [2.75, 3.05) is 13.7 Å². The summed E-state index contributed by atoms with van der Waals surface area (Å²) < 4.78 is 11.2. The van der Waals surface area contributed by atoms with E-state index in [-0.39, 0.29) is 12.1 Å². The minimum atomic E-state index is -0.143. The summed E-state index contributed by atoms with van der Waals surface area (Å²) in [7, 11) is 1.76. The van der Waals surface area contributed by atoms with Gasteiger partial charge < -0.3 is 15.2 Å². The molecule has 0 saturated heterocycles. The molecule has 1 heterocycles. The van der Waals surface area contributed by atoms with Crippen molar-refractivity contribution in [2.24, 2.45) is 11.7 Å². The molecule has 1 saturated carbocycles. The number of nitrogens with two attached hydrogens (primary N) is 1. The Morgan fingerprint density at radius 3 is 2.70 bits per heavy atom. The van der Waals surface area contributed by atoms with E-state index in [0.29, 0.717) is 12.5 Å². The Hall–Kier alpha value is -1.13. The highest BCUT2D eigenvalue weighted by Crippen LogP contribution is 2.33. The van der Waals surface area contributed by atoms with Crippen LogP contribution in [0, 0.1) is 5.92 Å². The SMILES string of the molecule is CCOc1cncc(C(N)C(OC)C2CCCCC2)c1. The molecule has 0 spiro atoms. The van der Waals surface area contributed by atoms with E-state index in [0.717, 1.165) is 11.3 Å². The highest BCUT2D eigenvalue weighted by molar-refractivity contribution is 5.26. The Morgan fingerprint density at radius 2 is 2.05 bits per heavy atom. The second-order valence-electron chi connectivity index (χ2n) is 5.51. The van der Waals surface area contributed by atoms with Crippen LogP contribution in [-0.4, -0.2) is 24.8 Å². The van der Waals surface area contributed by atoms with E-state index in [4.69, 9.17) is 15.2 Å². The van der Waals surface area contributed by atoms with Crippen molar-refractivity contribution in [3.8, 4) is 5.75 Å². The van der Waals surface area contributed by atoms with Gasteiger partial charge >= 0.3 is 0 Å². The van der Waals surface area contributed by atoms with Crippen LogP contribution in [0.25, 0.3) is 0 Å². The molecular weight excluding hydrogens is 252 g/mol. The molecule has 2 rings (SSSR count). The lowest BCUT2D eigenvalue weighted by Crippen LogP contribution is -2.36. The van der Waals surface area contributed by atoms with Gasteiger partial charge in [0, 0.05) is 13.3 Å². The van der Waals surface area contributed by atoms with E-state index in [1.165, 1.54) is 32.1 Å². The van der Waals surface area contributed by atoms with Crippen LogP contribution in [0.5, 0.6) is 5.75 Å². The van der Waals surface area contributed by atoms with E-state index in [1.54, 1.807) is 13.3 Å². The second-order valence-corrected chi connectivity index (χ2v) is 5.51. The third kappa shape index (κ3) is 3.70. The lowest BCUT2D eigenvalue weighted by molar-refractivity contribution is 0.0171. The highest BCUT2D eigenvalue weighted by atomic mass is 16.5. The van der Waals surface area contributed by atoms with Gasteiger partial charge in [-0.2, -0.15) is 0 Å². The summed E-state index contributed by atoms with van der Waals surface area (Å²) in [5, 5.41) is 0. The van der Waals surface area contributed by atoms with E-state index < -0.39 is 0 Å². The molecule has 2 unspecified atom stereocenters. The minimum Gasteiger partial charge on any atom is -0.492 e. The first-order chi connectivity index (χ1) is 9.76. The van der Waals surface area contributed by atoms with Crippen molar-refractivity contribution >= 4 is 0 Å². The Bertz CT molecular complexity index is 405. The summed E-state index contributed by atoms with van der Waals surface area (Å²) >= 11 is 0. The first kappa shape index (κ1) is 15.3. The normalized spacial score (nSPS) is 19.6. The maximum absolute atomic E-state index is 6.43. The predicted molar refractivity (Wildman–Crippen MR) is 79.7 cm³/mol. The van der Waals surface area contributed by atoms with Crippen LogP contribution in [0.15, 0.2) is 18.5 Å². The van der Waals surface area contributed by atoms with Gasteiger partial charge in [0.1, 0.15) is 5.75 Å². The number of nitrogens with zero attached hydrogens (tertiary/aromatic N) is 1. The number of methoxy groups -OCH3 is 1. The van der Waals surface area contributed by atoms with Crippen molar-refractivity contribution < 1.29 is 9.47 Å². The third-order valence-electron chi connectivity index (χ3n) is 4.17. The number of hydrogen-bond acceptors (Lipinski definition) is 4. The standard InChI is InChI=1S/C16H26N2O2/c1-3-20-14-9-13(10-18-11-14)15(17)16(19-2)12-7-5-4-6-8-12/h9-12,15-16H,3-8,17H2,1-2H3. The molecule has 112 valence electrons. The maximum Gasteiger partial charge on any atom is 0.137 e. The van der Waals surface area contributed by atoms with E-state index in [1.807, 2.05) is 19.2 Å². The van der Waals surface area contributed by atoms with Crippen molar-refractivity contribution in [1.29, 1.82) is 0 Å². The third-order valence-corrected chi connectivity index (χ3v) is 4.17. The Morgan fingerprint density at radius 1 is 1.30 bits per heavy atom. The molecule has 0 radical (unpaired) electrons. The lowest BCUT2D eigenvalue weighted by atomic mass is 9.81. The molecule has 1 aliphatic carbocycles. The summed E-state index contributed by atoms with van der Waals surface area (Å²) in [4.78, 5) is 4.23. The Labute approximate surface area is 121 Å². The van der Waals surface area contributed by atoms with Crippen molar-refractivity contribution in [1.82, 2.24) is 4.98 Å². The number of ether oxygens (including phenoxy) is 2. The summed E-state index contributed by atoms with van der Waals surface area (Å²) in [6, 6.07) is 1.84. The average molecular weight is 278 g/mol. The average Bonchev–Trinajstić information content (AvgIpc) is 2.50. The number of hydrogen-bond donors (Lipinski definition) is 1. The largest absolute Gasteiger partial charge is 0.492 e. The van der Waals surface area contributed by atoms with E-state index in [9.17, 15) is 0 Å². The number of rotatable bonds is 6. The molecule has 20 heavy (non-hydrogen) atoms. The molecule has 0 aromatic carbocycles. The molecule has 2 N–H and O–H groups in total. The van der Waals surface area contributed by atoms with Gasteiger partial charge in [-0.05, 0) is 37.3 Å². The van der Waals surface area contributed by atoms with Gasteiger partial charge in [-0.1, -0.05) is 19.3 Å². The van der Waals surface area contributed by atoms with Gasteiger partial charge in [-0.15, -0.1) is 0 Å². The Balaban J connectivity index is 2.10. The van der Waals surface area contributed by atoms with Crippen LogP contribution in [0.2, 0.25) is 0 Å². The molecular formula is C16H26N2O2. The molecule has 2 atom stereocenters. The van der Waals surface area contributed by atoms with E-state index >= 15 is 0 Å². The zero-order valence-electron chi connectivity index (χ0n) is 12.5. The molecule has 0 aliphatic heterocycles. The minimum absolute atomic E-state index is 0.0639. The second kappa shape index (κ2) is 7.60. The first-order valence-corrected chi connectivity index (χ1v) is 7.62. The topological polar surface area (TPSA) is 57.4 Å². The van der Waals surface area contributed by atoms with Crippen LogP contribution in [-0.2, 0) is 4.74 Å². The summed E-state index contributed by atoms with van der Waals surface area (Å²) in [6.07, 6.45) is 9.95. The van der Waals surface area contributed by atoms with E-state index in [2.05, 4.69) is 4.98 Å². The summed E-state index contributed by atoms with van der Waals surface area (Å²) in [5.41, 5.74) is 7.42. The summed E-state index contributed by atoms with van der Waals surface area (Å²) in [5.74, 6) is 1.33. The maximum atomic E-state index is 6.43. The summed E-state index contributed by atoms with van der Waals surface area (Å²) in [6.45, 7) is 2.60. The number of pyridine rings is 1. The Kier molecular flexibility index (Phi) is 5.80. The molecule has 1 aliphatic rings. The zero-order valence-corrected chi connectivity index (χ0v) is 12.5. The van der Waals surface area contributed by atoms with Gasteiger partial charge in [-0.3, -0.25) is 4.98 Å². The fraction of sp³-hybridized carbons (Fsp3) is 0.688. The fourth-order valence-electron chi connectivity index (χ4n) is 3.15. The number of aromatic nitrogens is 1. The fourth-order valence-corrected chi connectivity index (χ4v) is 3.15. The molecule has 4 heteroatoms. The molecule has 1 aromatic rings. The molecule has 4 nitrogen and oxygen atoms in total. The highest BCUT2D eigenvalue weighted by Gasteiger charge is 2.29. The first-order valence-electron chi connectivity index (χ1n) is 7.62. The monoisotopic (exact) mass is 278 g/mol. The lowest BCUT2D eigenvalue weighted by Gasteiger charge is -2.33. The van der Waals surface area contributed by atoms with Crippen LogP contribution in [0.3, 0.4) is 0 Å². The van der Waals surface area contributed by atoms with Crippen LogP contribution < -0.4 is 10.5 Å². The quantitative estimate of drug-likeness (QED) is 0.868. The zero-order chi connectivity index (χ0) is 14.4. The molecule has 1 fully saturated rings. The van der Waals surface area contributed by atoms with Crippen LogP contribution in [0.4, 0.5) is 0 Å². The van der Waals surface area contributed by atoms with Crippen molar-refractivity contribution in [3.63, 3.8) is 0 Å². The molecule has 0 bridgehead atoms. The van der Waals surface area contributed by atoms with Gasteiger partial charge in [0.2, 0.25) is 0 Å². The van der Waals surface area contributed by atoms with Crippen LogP contribution in [0.1, 0.15) is 50.6 Å². The smallest absolute Gasteiger partial charge is 0.137 e. The van der Waals surface area contributed by atoms with Crippen molar-refractivity contribution in [2.45, 2.75) is 51.2 Å². The van der Waals surface area contributed by atoms with Crippen LogP contribution >= 0.6 is 0 Å².